The summed E-state index contributed by atoms with van der Waals surface area (Å²) in [7, 11) is 1.46. The molecule has 0 bridgehead atoms. The monoisotopic (exact) mass is 300 g/mol. The Morgan fingerprint density at radius 1 is 1.00 bits per heavy atom. The number of carbonyl (C=O) groups is 1. The van der Waals surface area contributed by atoms with Crippen LogP contribution in [-0.2, 0) is 9.53 Å². The molecule has 4 heteroatoms. The zero-order chi connectivity index (χ0) is 16.3. The molecule has 0 amide bonds. The first-order chi connectivity index (χ1) is 9.90. The fourth-order valence-electron chi connectivity index (χ4n) is 2.22. The van der Waals surface area contributed by atoms with Crippen molar-refractivity contribution in [2.45, 2.75) is 59.9 Å². The zero-order valence-electron chi connectivity index (χ0n) is 14.9. The van der Waals surface area contributed by atoms with E-state index in [1.54, 1.807) is 0 Å². The standard InChI is InChI=1S/C17H36N2O2/c1-7-18-16(17(20)21-6)10-13-19(11-8-14(2)3)12-9-15(4)5/h14-16,18H,7-13H2,1-6H3. The van der Waals surface area contributed by atoms with Crippen LogP contribution in [0, 0.1) is 11.8 Å². The van der Waals surface area contributed by atoms with Crippen LogP contribution in [0.2, 0.25) is 0 Å². The van der Waals surface area contributed by atoms with Gasteiger partial charge in [0.2, 0.25) is 0 Å². The summed E-state index contributed by atoms with van der Waals surface area (Å²) in [6.07, 6.45) is 3.24. The van der Waals surface area contributed by atoms with Gasteiger partial charge in [-0.25, -0.2) is 0 Å². The molecule has 0 saturated heterocycles. The first-order valence-corrected chi connectivity index (χ1v) is 8.44. The molecule has 0 heterocycles. The summed E-state index contributed by atoms with van der Waals surface area (Å²) in [6, 6.07) is -0.180. The normalized spacial score (nSPS) is 13.2. The lowest BCUT2D eigenvalue weighted by molar-refractivity contribution is -0.143. The van der Waals surface area contributed by atoms with Crippen molar-refractivity contribution in [1.29, 1.82) is 0 Å². The van der Waals surface area contributed by atoms with Gasteiger partial charge in [0.25, 0.3) is 0 Å². The highest BCUT2D eigenvalue weighted by molar-refractivity contribution is 5.75. The molecule has 1 N–H and O–H groups in total. The number of ether oxygens (including phenoxy) is 1. The van der Waals surface area contributed by atoms with E-state index in [4.69, 9.17) is 4.74 Å². The Hall–Kier alpha value is -0.610. The quantitative estimate of drug-likeness (QED) is 0.563. The molecule has 0 fully saturated rings. The second-order valence-corrected chi connectivity index (χ2v) is 6.63. The molecular formula is C17H36N2O2. The molecule has 4 nitrogen and oxygen atoms in total. The number of methoxy groups -OCH3 is 1. The number of nitrogens with zero attached hydrogens (tertiary/aromatic N) is 1. The second kappa shape index (κ2) is 12.0. The van der Waals surface area contributed by atoms with Crippen molar-refractivity contribution in [1.82, 2.24) is 10.2 Å². The van der Waals surface area contributed by atoms with Crippen LogP contribution < -0.4 is 5.32 Å². The lowest BCUT2D eigenvalue weighted by Crippen LogP contribution is -2.41. The lowest BCUT2D eigenvalue weighted by Gasteiger charge is -2.26. The van der Waals surface area contributed by atoms with Crippen LogP contribution in [0.5, 0.6) is 0 Å². The van der Waals surface area contributed by atoms with E-state index in [9.17, 15) is 4.79 Å². The van der Waals surface area contributed by atoms with Gasteiger partial charge in [0.1, 0.15) is 6.04 Å². The number of likely N-dealkylation sites (N-methyl/N-ethyl adjacent to an activating group) is 1. The molecule has 0 aromatic rings. The van der Waals surface area contributed by atoms with E-state index in [1.165, 1.54) is 20.0 Å². The Bertz CT molecular complexity index is 256. The van der Waals surface area contributed by atoms with Crippen LogP contribution in [0.15, 0.2) is 0 Å². The molecular weight excluding hydrogens is 264 g/mol. The van der Waals surface area contributed by atoms with Crippen LogP contribution >= 0.6 is 0 Å². The van der Waals surface area contributed by atoms with Crippen LogP contribution in [0.4, 0.5) is 0 Å². The number of rotatable bonds is 12. The van der Waals surface area contributed by atoms with E-state index in [1.807, 2.05) is 6.92 Å². The van der Waals surface area contributed by atoms with E-state index < -0.39 is 0 Å². The predicted molar refractivity (Wildman–Crippen MR) is 89.4 cm³/mol. The maximum atomic E-state index is 11.7. The van der Waals surface area contributed by atoms with Gasteiger partial charge in [-0.2, -0.15) is 0 Å². The topological polar surface area (TPSA) is 41.6 Å². The van der Waals surface area contributed by atoms with Gasteiger partial charge in [0.15, 0.2) is 0 Å². The Balaban J connectivity index is 4.36. The molecule has 0 rings (SSSR count). The third-order valence-electron chi connectivity index (χ3n) is 3.72. The van der Waals surface area contributed by atoms with Crippen LogP contribution in [0.25, 0.3) is 0 Å². The zero-order valence-corrected chi connectivity index (χ0v) is 14.9. The van der Waals surface area contributed by atoms with Crippen molar-refractivity contribution < 1.29 is 9.53 Å². The summed E-state index contributed by atoms with van der Waals surface area (Å²) in [5.74, 6) is 1.29. The third kappa shape index (κ3) is 10.7. The molecule has 0 spiro atoms. The third-order valence-corrected chi connectivity index (χ3v) is 3.72. The summed E-state index contributed by atoms with van der Waals surface area (Å²) in [5.41, 5.74) is 0. The number of esters is 1. The van der Waals surface area contributed by atoms with Crippen molar-refractivity contribution in [3.8, 4) is 0 Å². The minimum Gasteiger partial charge on any atom is -0.468 e. The molecule has 0 aliphatic rings. The smallest absolute Gasteiger partial charge is 0.322 e. The molecule has 21 heavy (non-hydrogen) atoms. The van der Waals surface area contributed by atoms with Gasteiger partial charge < -0.3 is 15.0 Å². The number of hydrogen-bond donors (Lipinski definition) is 1. The van der Waals surface area contributed by atoms with E-state index in [0.717, 1.165) is 44.4 Å². The van der Waals surface area contributed by atoms with Gasteiger partial charge in [-0.1, -0.05) is 34.6 Å². The largest absolute Gasteiger partial charge is 0.468 e. The molecule has 0 aromatic carbocycles. The fourth-order valence-corrected chi connectivity index (χ4v) is 2.22. The molecule has 0 aromatic heterocycles. The Morgan fingerprint density at radius 2 is 1.48 bits per heavy atom. The molecule has 0 radical (unpaired) electrons. The SMILES string of the molecule is CCNC(CCN(CCC(C)C)CCC(C)C)C(=O)OC. The maximum absolute atomic E-state index is 11.7. The molecule has 0 saturated carbocycles. The summed E-state index contributed by atoms with van der Waals surface area (Å²) >= 11 is 0. The number of hydrogen-bond acceptors (Lipinski definition) is 4. The van der Waals surface area contributed by atoms with Crippen molar-refractivity contribution in [2.75, 3.05) is 33.3 Å². The molecule has 0 aliphatic heterocycles. The molecule has 1 atom stereocenters. The summed E-state index contributed by atoms with van der Waals surface area (Å²) in [5, 5.41) is 3.22. The van der Waals surface area contributed by atoms with Crippen molar-refractivity contribution in [3.63, 3.8) is 0 Å². The number of carbonyl (C=O) groups excluding carboxylic acids is 1. The van der Waals surface area contributed by atoms with Gasteiger partial charge in [-0.15, -0.1) is 0 Å². The van der Waals surface area contributed by atoms with Gasteiger partial charge in [-0.3, -0.25) is 4.79 Å². The predicted octanol–water partition coefficient (Wildman–Crippen LogP) is 2.92. The average Bonchev–Trinajstić information content (AvgIpc) is 2.43. The molecule has 0 aliphatic carbocycles. The first-order valence-electron chi connectivity index (χ1n) is 8.44. The van der Waals surface area contributed by atoms with Gasteiger partial charge >= 0.3 is 5.97 Å². The van der Waals surface area contributed by atoms with Crippen LogP contribution in [0.3, 0.4) is 0 Å². The highest BCUT2D eigenvalue weighted by Crippen LogP contribution is 2.08. The van der Waals surface area contributed by atoms with E-state index >= 15 is 0 Å². The molecule has 126 valence electrons. The molecule has 1 unspecified atom stereocenters. The summed E-state index contributed by atoms with van der Waals surface area (Å²) in [4.78, 5) is 14.2. The van der Waals surface area contributed by atoms with Crippen molar-refractivity contribution in [3.05, 3.63) is 0 Å². The van der Waals surface area contributed by atoms with E-state index in [2.05, 4.69) is 37.9 Å². The highest BCUT2D eigenvalue weighted by Gasteiger charge is 2.19. The minimum atomic E-state index is -0.180. The van der Waals surface area contributed by atoms with Gasteiger partial charge in [0, 0.05) is 6.54 Å². The van der Waals surface area contributed by atoms with E-state index in [0.29, 0.717) is 0 Å². The average molecular weight is 300 g/mol. The second-order valence-electron chi connectivity index (χ2n) is 6.63. The van der Waals surface area contributed by atoms with E-state index in [-0.39, 0.29) is 12.0 Å². The first kappa shape index (κ1) is 20.4. The van der Waals surface area contributed by atoms with Gasteiger partial charge in [-0.05, 0) is 50.7 Å². The van der Waals surface area contributed by atoms with Crippen LogP contribution in [0.1, 0.15) is 53.9 Å². The van der Waals surface area contributed by atoms with Gasteiger partial charge in [0.05, 0.1) is 7.11 Å². The fraction of sp³-hybridized carbons (Fsp3) is 0.941. The summed E-state index contributed by atoms with van der Waals surface area (Å²) in [6.45, 7) is 15.0. The Kier molecular flexibility index (Phi) is 11.6. The van der Waals surface area contributed by atoms with Crippen LogP contribution in [-0.4, -0.2) is 50.2 Å². The van der Waals surface area contributed by atoms with Crippen molar-refractivity contribution in [2.24, 2.45) is 11.8 Å². The lowest BCUT2D eigenvalue weighted by atomic mass is 10.1. The highest BCUT2D eigenvalue weighted by atomic mass is 16.5. The minimum absolute atomic E-state index is 0.149. The van der Waals surface area contributed by atoms with Crippen molar-refractivity contribution >= 4 is 5.97 Å². The number of nitrogens with one attached hydrogen (secondary N) is 1. The Labute approximate surface area is 131 Å². The Morgan fingerprint density at radius 3 is 1.86 bits per heavy atom. The summed E-state index contributed by atoms with van der Waals surface area (Å²) < 4.78 is 4.87. The maximum Gasteiger partial charge on any atom is 0.322 e.